The lowest BCUT2D eigenvalue weighted by molar-refractivity contribution is -0.155. The second-order valence-electron chi connectivity index (χ2n) is 10.5. The number of aromatic nitrogens is 2. The molecule has 30 heavy (non-hydrogen) atoms. The molecule has 0 aromatic carbocycles. The minimum atomic E-state index is -0.150. The van der Waals surface area contributed by atoms with E-state index in [9.17, 15) is 4.79 Å². The van der Waals surface area contributed by atoms with Gasteiger partial charge in [-0.3, -0.25) is 9.69 Å². The number of piperidine rings is 1. The summed E-state index contributed by atoms with van der Waals surface area (Å²) in [4.78, 5) is 29.4. The molecule has 166 valence electrons. The lowest BCUT2D eigenvalue weighted by Gasteiger charge is -2.49. The number of hydrogen-bond donors (Lipinski definition) is 0. The summed E-state index contributed by atoms with van der Waals surface area (Å²) in [6, 6.07) is 2.03. The Kier molecular flexibility index (Phi) is 5.82. The zero-order chi connectivity index (χ0) is 21.5. The molecule has 2 atom stereocenters. The number of anilines is 1. The normalized spacial score (nSPS) is 29.0. The molecular weight excluding hydrogens is 374 g/mol. The minimum absolute atomic E-state index is 0.150. The van der Waals surface area contributed by atoms with Crippen LogP contribution in [0.15, 0.2) is 6.07 Å². The summed E-state index contributed by atoms with van der Waals surface area (Å²) in [7, 11) is 0. The van der Waals surface area contributed by atoms with Crippen molar-refractivity contribution in [1.29, 1.82) is 0 Å². The van der Waals surface area contributed by atoms with Crippen molar-refractivity contribution in [3.05, 3.63) is 17.5 Å². The Labute approximate surface area is 182 Å². The first-order valence-corrected chi connectivity index (χ1v) is 11.8. The van der Waals surface area contributed by atoms with Gasteiger partial charge < -0.3 is 9.80 Å². The SMILES string of the molecule is Cc1cc(C)nc(N2CCN(CCCCN3CC4CC[C@@](C)(C3=O)C4(C)C)CC2)n1. The smallest absolute Gasteiger partial charge is 0.229 e. The summed E-state index contributed by atoms with van der Waals surface area (Å²) in [6.07, 6.45) is 4.54. The van der Waals surface area contributed by atoms with Gasteiger partial charge in [0.2, 0.25) is 11.9 Å². The molecule has 6 nitrogen and oxygen atoms in total. The van der Waals surface area contributed by atoms with Crippen LogP contribution in [0, 0.1) is 30.6 Å². The molecule has 3 fully saturated rings. The Morgan fingerprint density at radius 3 is 2.30 bits per heavy atom. The number of amides is 1. The van der Waals surface area contributed by atoms with Crippen LogP contribution in [0.4, 0.5) is 5.95 Å². The van der Waals surface area contributed by atoms with Gasteiger partial charge in [0.05, 0.1) is 5.41 Å². The van der Waals surface area contributed by atoms with Crippen LogP contribution in [0.3, 0.4) is 0 Å². The summed E-state index contributed by atoms with van der Waals surface area (Å²) < 4.78 is 0. The molecule has 3 heterocycles. The molecule has 2 bridgehead atoms. The van der Waals surface area contributed by atoms with Crippen LogP contribution in [0.1, 0.15) is 57.8 Å². The van der Waals surface area contributed by atoms with Crippen molar-refractivity contribution < 1.29 is 4.79 Å². The number of likely N-dealkylation sites (tertiary alicyclic amines) is 1. The average molecular weight is 414 g/mol. The Morgan fingerprint density at radius 1 is 1.00 bits per heavy atom. The number of nitrogens with zero attached hydrogens (tertiary/aromatic N) is 5. The number of carbonyl (C=O) groups excluding carboxylic acids is 1. The molecule has 1 saturated carbocycles. The number of piperazine rings is 1. The van der Waals surface area contributed by atoms with Gasteiger partial charge in [0.25, 0.3) is 0 Å². The van der Waals surface area contributed by atoms with Crippen molar-refractivity contribution in [3.8, 4) is 0 Å². The van der Waals surface area contributed by atoms with Gasteiger partial charge in [0.15, 0.2) is 0 Å². The second-order valence-corrected chi connectivity index (χ2v) is 10.5. The molecule has 1 aliphatic carbocycles. The van der Waals surface area contributed by atoms with Crippen LogP contribution in [0.5, 0.6) is 0 Å². The lowest BCUT2D eigenvalue weighted by atomic mass is 9.62. The molecule has 0 radical (unpaired) electrons. The molecular formula is C24H39N5O. The first-order chi connectivity index (χ1) is 14.2. The van der Waals surface area contributed by atoms with Crippen molar-refractivity contribution in [3.63, 3.8) is 0 Å². The van der Waals surface area contributed by atoms with Gasteiger partial charge in [-0.2, -0.15) is 0 Å². The molecule has 3 aliphatic rings. The molecule has 1 aromatic heterocycles. The zero-order valence-corrected chi connectivity index (χ0v) is 19.6. The van der Waals surface area contributed by atoms with E-state index in [1.165, 1.54) is 6.42 Å². The third-order valence-corrected chi connectivity index (χ3v) is 8.41. The molecule has 0 N–H and O–H groups in total. The predicted octanol–water partition coefficient (Wildman–Crippen LogP) is 3.28. The number of unbranched alkanes of at least 4 members (excludes halogenated alkanes) is 1. The number of aryl methyl sites for hydroxylation is 2. The van der Waals surface area contributed by atoms with Crippen molar-refractivity contribution in [2.45, 2.75) is 60.3 Å². The van der Waals surface area contributed by atoms with Crippen LogP contribution in [0.2, 0.25) is 0 Å². The Bertz CT molecular complexity index is 766. The Balaban J connectivity index is 1.20. The summed E-state index contributed by atoms with van der Waals surface area (Å²) in [5, 5.41) is 0. The third-order valence-electron chi connectivity index (χ3n) is 8.41. The molecule has 2 saturated heterocycles. The van der Waals surface area contributed by atoms with Crippen molar-refractivity contribution in [2.24, 2.45) is 16.7 Å². The highest BCUT2D eigenvalue weighted by atomic mass is 16.2. The third kappa shape index (κ3) is 3.83. The Morgan fingerprint density at radius 2 is 1.63 bits per heavy atom. The fourth-order valence-corrected chi connectivity index (χ4v) is 5.85. The van der Waals surface area contributed by atoms with Gasteiger partial charge >= 0.3 is 0 Å². The molecule has 0 spiro atoms. The highest BCUT2D eigenvalue weighted by Crippen LogP contribution is 2.59. The predicted molar refractivity (Wildman–Crippen MR) is 121 cm³/mol. The molecule has 1 unspecified atom stereocenters. The summed E-state index contributed by atoms with van der Waals surface area (Å²) in [5.74, 6) is 1.95. The van der Waals surface area contributed by atoms with Crippen molar-refractivity contribution >= 4 is 11.9 Å². The zero-order valence-electron chi connectivity index (χ0n) is 19.6. The number of carbonyl (C=O) groups is 1. The standard InChI is InChI=1S/C24H39N5O/c1-18-16-19(2)26-22(25-18)28-14-12-27(13-15-28)10-6-7-11-29-17-20-8-9-24(5,21(29)30)23(20,3)4/h16,20H,6-15,17H2,1-5H3/t20?,24-/m0/s1. The summed E-state index contributed by atoms with van der Waals surface area (Å²) in [5.41, 5.74) is 2.08. The Hall–Kier alpha value is -1.69. The minimum Gasteiger partial charge on any atom is -0.342 e. The molecule has 6 heteroatoms. The van der Waals surface area contributed by atoms with Gasteiger partial charge in [-0.1, -0.05) is 20.8 Å². The number of rotatable bonds is 6. The van der Waals surface area contributed by atoms with E-state index in [2.05, 4.69) is 45.4 Å². The highest BCUT2D eigenvalue weighted by Gasteiger charge is 2.60. The van der Waals surface area contributed by atoms with E-state index in [1.54, 1.807) is 0 Å². The quantitative estimate of drug-likeness (QED) is 0.670. The van der Waals surface area contributed by atoms with Gasteiger partial charge in [-0.15, -0.1) is 0 Å². The van der Waals surface area contributed by atoms with Gasteiger partial charge in [0.1, 0.15) is 0 Å². The summed E-state index contributed by atoms with van der Waals surface area (Å²) >= 11 is 0. The summed E-state index contributed by atoms with van der Waals surface area (Å²) in [6.45, 7) is 18.0. The molecule has 4 rings (SSSR count). The van der Waals surface area contributed by atoms with Crippen LogP contribution in [-0.4, -0.2) is 71.5 Å². The van der Waals surface area contributed by atoms with Gasteiger partial charge in [-0.05, 0) is 63.5 Å². The van der Waals surface area contributed by atoms with Gasteiger partial charge in [0, 0.05) is 50.7 Å². The second kappa shape index (κ2) is 8.10. The number of hydrogen-bond acceptors (Lipinski definition) is 5. The van der Waals surface area contributed by atoms with Crippen molar-refractivity contribution in [1.82, 2.24) is 19.8 Å². The van der Waals surface area contributed by atoms with E-state index in [1.807, 2.05) is 19.9 Å². The highest BCUT2D eigenvalue weighted by molar-refractivity contribution is 5.85. The van der Waals surface area contributed by atoms with Crippen LogP contribution in [-0.2, 0) is 4.79 Å². The fourth-order valence-electron chi connectivity index (χ4n) is 5.85. The first kappa shape index (κ1) is 21.5. The molecule has 1 aromatic rings. The van der Waals surface area contributed by atoms with E-state index in [0.29, 0.717) is 11.8 Å². The van der Waals surface area contributed by atoms with E-state index < -0.39 is 0 Å². The molecule has 1 amide bonds. The largest absolute Gasteiger partial charge is 0.342 e. The van der Waals surface area contributed by atoms with Crippen LogP contribution >= 0.6 is 0 Å². The van der Waals surface area contributed by atoms with E-state index in [0.717, 1.165) is 82.4 Å². The van der Waals surface area contributed by atoms with Crippen LogP contribution in [0.25, 0.3) is 0 Å². The average Bonchev–Trinajstić information content (AvgIpc) is 2.83. The van der Waals surface area contributed by atoms with Crippen molar-refractivity contribution in [2.75, 3.05) is 50.7 Å². The maximum absolute atomic E-state index is 13.1. The first-order valence-electron chi connectivity index (χ1n) is 11.8. The van der Waals surface area contributed by atoms with E-state index in [-0.39, 0.29) is 10.8 Å². The molecule has 2 aliphatic heterocycles. The fraction of sp³-hybridized carbons (Fsp3) is 0.792. The van der Waals surface area contributed by atoms with Crippen LogP contribution < -0.4 is 4.90 Å². The lowest BCUT2D eigenvalue weighted by Crippen LogP contribution is -2.56. The topological polar surface area (TPSA) is 52.6 Å². The van der Waals surface area contributed by atoms with E-state index in [4.69, 9.17) is 0 Å². The maximum Gasteiger partial charge on any atom is 0.229 e. The van der Waals surface area contributed by atoms with E-state index >= 15 is 0 Å². The maximum atomic E-state index is 13.1. The van der Waals surface area contributed by atoms with Gasteiger partial charge in [-0.25, -0.2) is 9.97 Å². The number of fused-ring (bicyclic) bond motifs is 2. The monoisotopic (exact) mass is 413 g/mol.